The molecule has 0 radical (unpaired) electrons. The smallest absolute Gasteiger partial charge is 0.107 e. The maximum absolute atomic E-state index is 8.85. The Labute approximate surface area is 145 Å². The number of imidazole rings is 1. The predicted molar refractivity (Wildman–Crippen MR) is 97.9 cm³/mol. The van der Waals surface area contributed by atoms with Gasteiger partial charge in [-0.05, 0) is 59.5 Å². The van der Waals surface area contributed by atoms with Crippen molar-refractivity contribution < 1.29 is 0 Å². The molecule has 0 aliphatic heterocycles. The fraction of sp³-hybridized carbons (Fsp3) is 0.0952. The molecular formula is C21H16N4. The number of pyridine rings is 1. The number of benzene rings is 2. The lowest BCUT2D eigenvalue weighted by molar-refractivity contribution is 0.890. The molecule has 120 valence electrons. The molecule has 0 unspecified atom stereocenters. The summed E-state index contributed by atoms with van der Waals surface area (Å²) in [5.41, 5.74) is 6.22. The molecular weight excluding hydrogens is 308 g/mol. The summed E-state index contributed by atoms with van der Waals surface area (Å²) in [6, 6.07) is 20.1. The Morgan fingerprint density at radius 3 is 2.44 bits per heavy atom. The third-order valence-corrected chi connectivity index (χ3v) is 4.28. The van der Waals surface area contributed by atoms with Gasteiger partial charge in [0.2, 0.25) is 0 Å². The first-order chi connectivity index (χ1) is 12.3. The minimum atomic E-state index is 0.691. The monoisotopic (exact) mass is 324 g/mol. The van der Waals surface area contributed by atoms with Crippen LogP contribution in [0.3, 0.4) is 0 Å². The molecule has 0 amide bonds. The second kappa shape index (κ2) is 6.58. The van der Waals surface area contributed by atoms with Crippen LogP contribution in [0.15, 0.2) is 67.0 Å². The summed E-state index contributed by atoms with van der Waals surface area (Å²) in [6.07, 6.45) is 5.33. The van der Waals surface area contributed by atoms with E-state index in [0.717, 1.165) is 40.8 Å². The Kier molecular flexibility index (Phi) is 3.97. The number of fused-ring (bicyclic) bond motifs is 1. The lowest BCUT2D eigenvalue weighted by Gasteiger charge is -2.00. The summed E-state index contributed by atoms with van der Waals surface area (Å²) in [4.78, 5) is 12.2. The van der Waals surface area contributed by atoms with E-state index in [1.54, 1.807) is 12.4 Å². The molecule has 25 heavy (non-hydrogen) atoms. The number of hydrogen-bond donors (Lipinski definition) is 1. The van der Waals surface area contributed by atoms with Crippen molar-refractivity contribution in [3.63, 3.8) is 0 Å². The lowest BCUT2D eigenvalue weighted by atomic mass is 10.1. The van der Waals surface area contributed by atoms with Crippen molar-refractivity contribution in [3.8, 4) is 17.2 Å². The Balaban J connectivity index is 1.53. The van der Waals surface area contributed by atoms with E-state index in [0.29, 0.717) is 5.56 Å². The molecule has 2 aromatic carbocycles. The summed E-state index contributed by atoms with van der Waals surface area (Å²) in [5, 5.41) is 8.85. The summed E-state index contributed by atoms with van der Waals surface area (Å²) in [5.74, 6) is 0.978. The largest absolute Gasteiger partial charge is 0.342 e. The van der Waals surface area contributed by atoms with Crippen molar-refractivity contribution in [1.82, 2.24) is 15.0 Å². The fourth-order valence-electron chi connectivity index (χ4n) is 2.91. The zero-order chi connectivity index (χ0) is 17.1. The molecule has 0 aliphatic carbocycles. The van der Waals surface area contributed by atoms with Gasteiger partial charge in [0, 0.05) is 18.8 Å². The highest BCUT2D eigenvalue weighted by atomic mass is 14.9. The third kappa shape index (κ3) is 3.26. The average Bonchev–Trinajstić information content (AvgIpc) is 3.09. The highest BCUT2D eigenvalue weighted by molar-refractivity contribution is 5.81. The quantitative estimate of drug-likeness (QED) is 0.609. The molecule has 2 aromatic heterocycles. The maximum atomic E-state index is 8.85. The van der Waals surface area contributed by atoms with Crippen molar-refractivity contribution >= 4 is 11.0 Å². The Bertz CT molecular complexity index is 1040. The minimum absolute atomic E-state index is 0.691. The lowest BCUT2D eigenvalue weighted by Crippen LogP contribution is -1.93. The topological polar surface area (TPSA) is 65.4 Å². The number of rotatable bonds is 4. The van der Waals surface area contributed by atoms with Crippen LogP contribution in [0.25, 0.3) is 22.2 Å². The van der Waals surface area contributed by atoms with Crippen LogP contribution in [0.5, 0.6) is 0 Å². The number of aromatic amines is 1. The van der Waals surface area contributed by atoms with Gasteiger partial charge in [0.1, 0.15) is 5.82 Å². The van der Waals surface area contributed by atoms with Crippen LogP contribution in [-0.2, 0) is 12.8 Å². The number of aryl methyl sites for hydroxylation is 2. The molecule has 0 fully saturated rings. The maximum Gasteiger partial charge on any atom is 0.107 e. The van der Waals surface area contributed by atoms with Crippen LogP contribution in [0.2, 0.25) is 0 Å². The molecule has 0 saturated heterocycles. The van der Waals surface area contributed by atoms with Gasteiger partial charge in [0.25, 0.3) is 0 Å². The second-order valence-corrected chi connectivity index (χ2v) is 5.96. The van der Waals surface area contributed by atoms with Crippen LogP contribution in [-0.4, -0.2) is 15.0 Å². The molecule has 0 saturated carbocycles. The van der Waals surface area contributed by atoms with Gasteiger partial charge in [-0.1, -0.05) is 18.2 Å². The first-order valence-corrected chi connectivity index (χ1v) is 8.20. The summed E-state index contributed by atoms with van der Waals surface area (Å²) in [6.45, 7) is 0. The summed E-state index contributed by atoms with van der Waals surface area (Å²) < 4.78 is 0. The molecule has 1 N–H and O–H groups in total. The van der Waals surface area contributed by atoms with E-state index in [9.17, 15) is 0 Å². The average molecular weight is 324 g/mol. The number of nitrogens with zero attached hydrogens (tertiary/aromatic N) is 3. The van der Waals surface area contributed by atoms with Gasteiger partial charge >= 0.3 is 0 Å². The van der Waals surface area contributed by atoms with Gasteiger partial charge < -0.3 is 4.98 Å². The van der Waals surface area contributed by atoms with Gasteiger partial charge in [-0.15, -0.1) is 0 Å². The number of nitriles is 1. The highest BCUT2D eigenvalue weighted by Gasteiger charge is 2.06. The van der Waals surface area contributed by atoms with Crippen LogP contribution in [0.4, 0.5) is 0 Å². The summed E-state index contributed by atoms with van der Waals surface area (Å²) >= 11 is 0. The number of H-pyrrole nitrogens is 1. The third-order valence-electron chi connectivity index (χ3n) is 4.28. The molecule has 4 nitrogen and oxygen atoms in total. The Hall–Kier alpha value is -3.45. The molecule has 0 aliphatic rings. The first-order valence-electron chi connectivity index (χ1n) is 8.20. The van der Waals surface area contributed by atoms with E-state index >= 15 is 0 Å². The van der Waals surface area contributed by atoms with Crippen molar-refractivity contribution in [3.05, 3.63) is 83.9 Å². The van der Waals surface area contributed by atoms with Gasteiger partial charge in [-0.2, -0.15) is 5.26 Å². The van der Waals surface area contributed by atoms with E-state index in [1.165, 1.54) is 5.56 Å². The molecule has 4 aromatic rings. The van der Waals surface area contributed by atoms with Crippen molar-refractivity contribution in [1.29, 1.82) is 5.26 Å². The molecule has 0 spiro atoms. The Morgan fingerprint density at radius 2 is 1.68 bits per heavy atom. The van der Waals surface area contributed by atoms with Crippen LogP contribution >= 0.6 is 0 Å². The van der Waals surface area contributed by atoms with E-state index in [4.69, 9.17) is 5.26 Å². The van der Waals surface area contributed by atoms with Crippen LogP contribution in [0.1, 0.15) is 17.0 Å². The standard InChI is InChI=1S/C21H16N4/c22-14-16-3-1-15(2-4-16)5-8-21-24-19-7-6-18(13-20(19)25-21)17-9-11-23-12-10-17/h1-4,6-7,9-13H,5,8H2,(H,24,25). The van der Waals surface area contributed by atoms with Gasteiger partial charge in [0.05, 0.1) is 22.7 Å². The van der Waals surface area contributed by atoms with E-state index in [1.807, 2.05) is 42.5 Å². The predicted octanol–water partition coefficient (Wildman–Crippen LogP) is 4.28. The molecule has 4 heteroatoms. The zero-order valence-corrected chi connectivity index (χ0v) is 13.6. The molecule has 0 atom stereocenters. The van der Waals surface area contributed by atoms with Crippen LogP contribution < -0.4 is 0 Å². The van der Waals surface area contributed by atoms with E-state index < -0.39 is 0 Å². The van der Waals surface area contributed by atoms with Crippen molar-refractivity contribution in [2.75, 3.05) is 0 Å². The molecule has 0 bridgehead atoms. The number of aromatic nitrogens is 3. The van der Waals surface area contributed by atoms with Gasteiger partial charge in [-0.25, -0.2) is 4.98 Å². The fourth-order valence-corrected chi connectivity index (χ4v) is 2.91. The second-order valence-electron chi connectivity index (χ2n) is 5.96. The molecule has 2 heterocycles. The van der Waals surface area contributed by atoms with Gasteiger partial charge in [-0.3, -0.25) is 4.98 Å². The summed E-state index contributed by atoms with van der Waals surface area (Å²) in [7, 11) is 0. The number of hydrogen-bond acceptors (Lipinski definition) is 3. The zero-order valence-electron chi connectivity index (χ0n) is 13.6. The highest BCUT2D eigenvalue weighted by Crippen LogP contribution is 2.23. The van der Waals surface area contributed by atoms with Crippen molar-refractivity contribution in [2.45, 2.75) is 12.8 Å². The number of nitrogens with one attached hydrogen (secondary N) is 1. The Morgan fingerprint density at radius 1 is 0.880 bits per heavy atom. The van der Waals surface area contributed by atoms with Gasteiger partial charge in [0.15, 0.2) is 0 Å². The molecule has 4 rings (SSSR count). The van der Waals surface area contributed by atoms with E-state index in [2.05, 4.69) is 33.2 Å². The van der Waals surface area contributed by atoms with Crippen molar-refractivity contribution in [2.24, 2.45) is 0 Å². The van der Waals surface area contributed by atoms with E-state index in [-0.39, 0.29) is 0 Å². The first kappa shape index (κ1) is 15.1. The minimum Gasteiger partial charge on any atom is -0.342 e. The SMILES string of the molecule is N#Cc1ccc(CCc2nc3ccc(-c4ccncc4)cc3[nH]2)cc1. The normalized spacial score (nSPS) is 10.7. The van der Waals surface area contributed by atoms with Crippen LogP contribution in [0, 0.1) is 11.3 Å².